The molecule has 0 N–H and O–H groups in total. The Bertz CT molecular complexity index is 1260. The topological polar surface area (TPSA) is 80.8 Å². The van der Waals surface area contributed by atoms with Crippen LogP contribution in [0.15, 0.2) is 54.6 Å². The fourth-order valence-electron chi connectivity index (χ4n) is 6.31. The lowest BCUT2D eigenvalue weighted by Gasteiger charge is -2.37. The Morgan fingerprint density at radius 3 is 2.29 bits per heavy atom. The number of aryl methyl sites for hydroxylation is 2. The average Bonchev–Trinajstić information content (AvgIpc) is 3.62. The second-order valence-electron chi connectivity index (χ2n) is 10.0. The van der Waals surface area contributed by atoms with Crippen molar-refractivity contribution in [2.75, 3.05) is 11.5 Å². The van der Waals surface area contributed by atoms with Gasteiger partial charge in [-0.15, -0.1) is 0 Å². The van der Waals surface area contributed by atoms with Crippen LogP contribution in [0.4, 0.5) is 5.69 Å². The number of carbonyl (C=O) groups excluding carboxylic acids is 4. The van der Waals surface area contributed by atoms with E-state index in [2.05, 4.69) is 12.2 Å². The first kappa shape index (κ1) is 21.0. The Kier molecular flexibility index (Phi) is 4.63. The van der Waals surface area contributed by atoms with Gasteiger partial charge in [-0.2, -0.15) is 0 Å². The van der Waals surface area contributed by atoms with Crippen molar-refractivity contribution in [2.24, 2.45) is 35.5 Å². The van der Waals surface area contributed by atoms with Crippen LogP contribution in [0.5, 0.6) is 0 Å². The van der Waals surface area contributed by atoms with E-state index in [1.165, 1.54) is 11.0 Å². The second-order valence-corrected chi connectivity index (χ2v) is 10.0. The summed E-state index contributed by atoms with van der Waals surface area (Å²) in [6.07, 6.45) is 5.38. The van der Waals surface area contributed by atoms with Crippen LogP contribution in [-0.4, -0.2) is 30.2 Å². The normalized spacial score (nSPS) is 30.2. The van der Waals surface area contributed by atoms with Gasteiger partial charge in [0, 0.05) is 5.56 Å². The first-order chi connectivity index (χ1) is 16.3. The molecule has 172 valence electrons. The van der Waals surface area contributed by atoms with Gasteiger partial charge in [-0.25, -0.2) is 9.69 Å². The van der Waals surface area contributed by atoms with Gasteiger partial charge in [-0.1, -0.05) is 35.9 Å². The number of rotatable bonds is 5. The number of esters is 1. The van der Waals surface area contributed by atoms with Gasteiger partial charge in [0.2, 0.25) is 17.6 Å². The monoisotopic (exact) mass is 455 g/mol. The fraction of sp³-hybridized carbons (Fsp3) is 0.357. The lowest BCUT2D eigenvalue weighted by atomic mass is 9.63. The lowest BCUT2D eigenvalue weighted by Crippen LogP contribution is -2.40. The molecule has 1 heterocycles. The zero-order valence-electron chi connectivity index (χ0n) is 19.1. The summed E-state index contributed by atoms with van der Waals surface area (Å²) < 4.78 is 5.28. The summed E-state index contributed by atoms with van der Waals surface area (Å²) in [7, 11) is 0. The van der Waals surface area contributed by atoms with E-state index in [4.69, 9.17) is 4.74 Å². The standard InChI is InChI=1S/C28H25NO5/c1-14-6-7-15(2)20(10-14)23(30)13-34-28(33)16-4-3-5-17(11-16)29-26(31)24-18-8-9-19(22-12-21(18)22)25(24)27(29)32/h3-11,18-19,21-22,24-25H,12-13H2,1-2H3/t18-,19+,21-,22-,24+,25+/m1/s1. The third-order valence-electron chi connectivity index (χ3n) is 8.03. The molecule has 0 spiro atoms. The highest BCUT2D eigenvalue weighted by molar-refractivity contribution is 6.23. The highest BCUT2D eigenvalue weighted by Gasteiger charge is 2.67. The first-order valence-electron chi connectivity index (χ1n) is 11.8. The summed E-state index contributed by atoms with van der Waals surface area (Å²) in [4.78, 5) is 53.2. The molecule has 6 atom stereocenters. The summed E-state index contributed by atoms with van der Waals surface area (Å²) >= 11 is 0. The molecule has 6 heteroatoms. The molecule has 2 bridgehead atoms. The van der Waals surface area contributed by atoms with Crippen LogP contribution in [0.1, 0.15) is 38.3 Å². The SMILES string of the molecule is Cc1ccc(C)c(C(=O)COC(=O)c2cccc(N3C(=O)[C@H]4[C@@H]5C=C[C@@H]([C@H]6C[C@H]56)[C@@H]4C3=O)c2)c1. The van der Waals surface area contributed by atoms with Crippen molar-refractivity contribution in [3.05, 3.63) is 76.9 Å². The number of allylic oxidation sites excluding steroid dienone is 2. The van der Waals surface area contributed by atoms with E-state index in [0.717, 1.165) is 17.5 Å². The van der Waals surface area contributed by atoms with Gasteiger partial charge >= 0.3 is 5.97 Å². The minimum atomic E-state index is -0.667. The average molecular weight is 456 g/mol. The van der Waals surface area contributed by atoms with Gasteiger partial charge in [0.25, 0.3) is 0 Å². The Balaban J connectivity index is 1.19. The van der Waals surface area contributed by atoms with E-state index < -0.39 is 5.97 Å². The summed E-state index contributed by atoms with van der Waals surface area (Å²) in [5.74, 6) is -0.523. The summed E-state index contributed by atoms with van der Waals surface area (Å²) in [6, 6.07) is 11.9. The molecule has 1 saturated heterocycles. The molecule has 34 heavy (non-hydrogen) atoms. The molecule has 2 aromatic rings. The first-order valence-corrected chi connectivity index (χ1v) is 11.8. The van der Waals surface area contributed by atoms with Crippen LogP contribution in [0, 0.1) is 49.4 Å². The van der Waals surface area contributed by atoms with Crippen LogP contribution in [0.3, 0.4) is 0 Å². The van der Waals surface area contributed by atoms with Gasteiger partial charge in [0.05, 0.1) is 23.1 Å². The highest BCUT2D eigenvalue weighted by Crippen LogP contribution is 2.65. The predicted octanol–water partition coefficient (Wildman–Crippen LogP) is 3.90. The Morgan fingerprint density at radius 1 is 0.941 bits per heavy atom. The molecule has 3 fully saturated rings. The third-order valence-corrected chi connectivity index (χ3v) is 8.03. The van der Waals surface area contributed by atoms with Crippen molar-refractivity contribution < 1.29 is 23.9 Å². The molecule has 2 saturated carbocycles. The molecule has 4 aliphatic carbocycles. The number of Topliss-reactive ketones (excluding diaryl/α,β-unsaturated/α-hetero) is 1. The number of hydrogen-bond donors (Lipinski definition) is 0. The summed E-state index contributed by atoms with van der Waals surface area (Å²) in [5.41, 5.74) is 2.88. The molecule has 1 aliphatic heterocycles. The van der Waals surface area contributed by atoms with Crippen LogP contribution >= 0.6 is 0 Å². The third kappa shape index (κ3) is 3.08. The van der Waals surface area contributed by atoms with Crippen molar-refractivity contribution in [2.45, 2.75) is 20.3 Å². The second kappa shape index (κ2) is 7.49. The smallest absolute Gasteiger partial charge is 0.338 e. The number of nitrogens with zero attached hydrogens (tertiary/aromatic N) is 1. The minimum absolute atomic E-state index is 0.144. The van der Waals surface area contributed by atoms with Crippen molar-refractivity contribution in [3.8, 4) is 0 Å². The summed E-state index contributed by atoms with van der Waals surface area (Å²) in [6.45, 7) is 3.36. The number of anilines is 1. The maximum Gasteiger partial charge on any atom is 0.338 e. The lowest BCUT2D eigenvalue weighted by molar-refractivity contribution is -0.124. The number of amides is 2. The zero-order valence-corrected chi connectivity index (χ0v) is 19.1. The molecule has 2 aromatic carbocycles. The molecule has 7 rings (SSSR count). The number of hydrogen-bond acceptors (Lipinski definition) is 5. The maximum atomic E-state index is 13.3. The molecule has 6 nitrogen and oxygen atoms in total. The van der Waals surface area contributed by atoms with E-state index in [1.807, 2.05) is 26.0 Å². The zero-order chi connectivity index (χ0) is 23.7. The van der Waals surface area contributed by atoms with Crippen LogP contribution in [0.2, 0.25) is 0 Å². The number of imide groups is 1. The molecule has 0 aromatic heterocycles. The van der Waals surface area contributed by atoms with Gasteiger partial charge in [0.15, 0.2) is 6.61 Å². The maximum absolute atomic E-state index is 13.3. The minimum Gasteiger partial charge on any atom is -0.454 e. The summed E-state index contributed by atoms with van der Waals surface area (Å²) in [5, 5.41) is 0. The van der Waals surface area contributed by atoms with Gasteiger partial charge in [-0.3, -0.25) is 14.4 Å². The molecule has 5 aliphatic rings. The Hall–Kier alpha value is -3.54. The fourth-order valence-corrected chi connectivity index (χ4v) is 6.31. The Labute approximate surface area is 197 Å². The number of benzene rings is 2. The van der Waals surface area contributed by atoms with Crippen molar-refractivity contribution in [3.63, 3.8) is 0 Å². The van der Waals surface area contributed by atoms with Gasteiger partial charge in [0.1, 0.15) is 0 Å². The molecule has 2 amide bonds. The predicted molar refractivity (Wildman–Crippen MR) is 124 cm³/mol. The molecule has 0 unspecified atom stereocenters. The number of ether oxygens (including phenoxy) is 1. The molecular formula is C28H25NO5. The van der Waals surface area contributed by atoms with E-state index in [-0.39, 0.29) is 53.4 Å². The van der Waals surface area contributed by atoms with Crippen molar-refractivity contribution >= 4 is 29.3 Å². The number of ketones is 1. The largest absolute Gasteiger partial charge is 0.454 e. The van der Waals surface area contributed by atoms with Crippen LogP contribution in [0.25, 0.3) is 0 Å². The Morgan fingerprint density at radius 2 is 1.62 bits per heavy atom. The van der Waals surface area contributed by atoms with Crippen LogP contribution < -0.4 is 4.90 Å². The molecular weight excluding hydrogens is 430 g/mol. The van der Waals surface area contributed by atoms with Crippen LogP contribution in [-0.2, 0) is 14.3 Å². The van der Waals surface area contributed by atoms with E-state index in [0.29, 0.717) is 23.1 Å². The van der Waals surface area contributed by atoms with Gasteiger partial charge in [-0.05, 0) is 73.8 Å². The van der Waals surface area contributed by atoms with Crippen molar-refractivity contribution in [1.82, 2.24) is 0 Å². The van der Waals surface area contributed by atoms with E-state index in [1.54, 1.807) is 24.3 Å². The number of carbonyl (C=O) groups is 4. The van der Waals surface area contributed by atoms with E-state index in [9.17, 15) is 19.2 Å². The van der Waals surface area contributed by atoms with E-state index >= 15 is 0 Å². The molecule has 0 radical (unpaired) electrons. The quantitative estimate of drug-likeness (QED) is 0.296. The van der Waals surface area contributed by atoms with Gasteiger partial charge < -0.3 is 4.74 Å². The van der Waals surface area contributed by atoms with Crippen molar-refractivity contribution in [1.29, 1.82) is 0 Å². The highest BCUT2D eigenvalue weighted by atomic mass is 16.5.